The molecular weight excluding hydrogens is 924 g/mol. The molecule has 0 aromatic heterocycles. The van der Waals surface area contributed by atoms with Gasteiger partial charge in [0.15, 0.2) is 0 Å². The zero-order valence-corrected chi connectivity index (χ0v) is 38.7. The van der Waals surface area contributed by atoms with Gasteiger partial charge >= 0.3 is 0 Å². The summed E-state index contributed by atoms with van der Waals surface area (Å²) in [5.41, 5.74) is 28.8. The zero-order chi connectivity index (χ0) is 47.8. The molecule has 0 atom stereocenters. The van der Waals surface area contributed by atoms with Crippen molar-refractivity contribution < 1.29 is 62.8 Å². The van der Waals surface area contributed by atoms with Crippen molar-refractivity contribution in [3.63, 3.8) is 0 Å². The van der Waals surface area contributed by atoms with Crippen LogP contribution in [0.3, 0.4) is 0 Å². The molecule has 22 nitrogen and oxygen atoms in total. The van der Waals surface area contributed by atoms with E-state index >= 15 is 0 Å². The zero-order valence-electron chi connectivity index (χ0n) is 35.5. The van der Waals surface area contributed by atoms with Gasteiger partial charge in [0.05, 0.1) is 94.0 Å². The summed E-state index contributed by atoms with van der Waals surface area (Å²) in [4.78, 5) is 5.35. The predicted octanol–water partition coefficient (Wildman–Crippen LogP) is 4.52. The van der Waals surface area contributed by atoms with E-state index in [1.54, 1.807) is 36.4 Å². The van der Waals surface area contributed by atoms with E-state index in [1.165, 1.54) is 36.4 Å². The van der Waals surface area contributed by atoms with Crippen molar-refractivity contribution >= 4 is 40.0 Å². The number of benzene rings is 3. The predicted molar refractivity (Wildman–Crippen MR) is 243 cm³/mol. The quantitative estimate of drug-likeness (QED) is 0.0226. The highest BCUT2D eigenvalue weighted by Gasteiger charge is 2.16. The average Bonchev–Trinajstić information content (AvgIpc) is 3.24. The van der Waals surface area contributed by atoms with Gasteiger partial charge in [0.2, 0.25) is 0 Å². The van der Waals surface area contributed by atoms with Gasteiger partial charge in [-0.1, -0.05) is 70.7 Å². The molecular formula is C38H63ClN8O14S3. The highest BCUT2D eigenvalue weighted by molar-refractivity contribution is 8.13. The Hall–Kier alpha value is -3.98. The number of nitrogens with two attached hydrogens (primary N) is 2. The second-order valence-corrected chi connectivity index (χ2v) is 17.6. The Balaban J connectivity index is -0.000000832. The van der Waals surface area contributed by atoms with Gasteiger partial charge in [0, 0.05) is 46.7 Å². The van der Waals surface area contributed by atoms with Crippen LogP contribution in [0.1, 0.15) is 24.1 Å². The van der Waals surface area contributed by atoms with Crippen molar-refractivity contribution in [1.82, 2.24) is 0 Å². The molecule has 0 aliphatic carbocycles. The fourth-order valence-electron chi connectivity index (χ4n) is 3.66. The van der Waals surface area contributed by atoms with Crippen molar-refractivity contribution in [2.45, 2.75) is 42.9 Å². The summed E-state index contributed by atoms with van der Waals surface area (Å²) in [5.74, 6) is 0. The first kappa shape index (κ1) is 64.3. The Kier molecular flexibility index (Phi) is 40.7. The number of rotatable bonds is 25. The SMILES string of the molecule is C.Cc1ccc(S(=O)(=O)Cl)cc1.Cc1ccc(S(=O)(=O)OCCOCCOS(=O)(=O)c2ccc(C)cc2)cc1.NCCOCCN.OCCOCCO.[N-]=[N+]=NCCOCCN=[N+]=[N-]. The van der Waals surface area contributed by atoms with E-state index in [0.29, 0.717) is 65.8 Å². The number of hydrogen-bond donors (Lipinski definition) is 4. The van der Waals surface area contributed by atoms with Gasteiger partial charge in [0.1, 0.15) is 0 Å². The summed E-state index contributed by atoms with van der Waals surface area (Å²) in [7, 11) is -6.14. The summed E-state index contributed by atoms with van der Waals surface area (Å²) in [6.07, 6.45) is 0. The lowest BCUT2D eigenvalue weighted by Gasteiger charge is -2.08. The molecule has 0 heterocycles. The number of azide groups is 2. The van der Waals surface area contributed by atoms with Gasteiger partial charge in [-0.05, 0) is 68.2 Å². The van der Waals surface area contributed by atoms with Crippen LogP contribution in [0.25, 0.3) is 20.9 Å². The third-order valence-electron chi connectivity index (χ3n) is 6.65. The van der Waals surface area contributed by atoms with Crippen LogP contribution in [-0.2, 0) is 56.6 Å². The first-order valence-electron chi connectivity index (χ1n) is 18.8. The van der Waals surface area contributed by atoms with Gasteiger partial charge in [-0.25, -0.2) is 8.42 Å². The smallest absolute Gasteiger partial charge is 0.297 e. The van der Waals surface area contributed by atoms with Gasteiger partial charge in [-0.15, -0.1) is 0 Å². The van der Waals surface area contributed by atoms with Gasteiger partial charge in [-0.2, -0.15) is 16.8 Å². The molecule has 0 unspecified atom stereocenters. The van der Waals surface area contributed by atoms with Crippen LogP contribution in [0.2, 0.25) is 0 Å². The van der Waals surface area contributed by atoms with Gasteiger partial charge in [-0.3, -0.25) is 8.37 Å². The summed E-state index contributed by atoms with van der Waals surface area (Å²) in [6.45, 7) is 9.66. The monoisotopic (exact) mass is 986 g/mol. The molecule has 64 heavy (non-hydrogen) atoms. The lowest BCUT2D eigenvalue weighted by molar-refractivity contribution is 0.0650. The van der Waals surface area contributed by atoms with E-state index in [0.717, 1.165) is 16.7 Å². The topological polar surface area (TPSA) is 348 Å². The van der Waals surface area contributed by atoms with Crippen LogP contribution in [0, 0.1) is 20.8 Å². The Morgan fingerprint density at radius 1 is 0.516 bits per heavy atom. The minimum Gasteiger partial charge on any atom is -0.394 e. The largest absolute Gasteiger partial charge is 0.394 e. The minimum atomic E-state index is -3.84. The second-order valence-electron chi connectivity index (χ2n) is 11.8. The number of aryl methyl sites for hydroxylation is 3. The van der Waals surface area contributed by atoms with Crippen LogP contribution in [0.5, 0.6) is 0 Å². The van der Waals surface area contributed by atoms with E-state index in [4.69, 9.17) is 66.0 Å². The third kappa shape index (κ3) is 36.4. The number of halogens is 1. The van der Waals surface area contributed by atoms with Crippen LogP contribution in [0.15, 0.2) is 97.7 Å². The minimum absolute atomic E-state index is 0. The highest BCUT2D eigenvalue weighted by atomic mass is 35.7. The molecule has 0 bridgehead atoms. The Morgan fingerprint density at radius 3 is 1.11 bits per heavy atom. The molecule has 0 aliphatic heterocycles. The molecule has 3 rings (SSSR count). The maximum Gasteiger partial charge on any atom is 0.297 e. The molecule has 3 aromatic carbocycles. The molecule has 6 N–H and O–H groups in total. The summed E-state index contributed by atoms with van der Waals surface area (Å²) >= 11 is 0. The Labute approximate surface area is 381 Å². The molecule has 0 aliphatic rings. The fraction of sp³-hybridized carbons (Fsp3) is 0.526. The average molecular weight is 988 g/mol. The maximum atomic E-state index is 12.0. The Bertz CT molecular complexity index is 1930. The molecule has 0 saturated heterocycles. The van der Waals surface area contributed by atoms with Crippen LogP contribution in [0.4, 0.5) is 0 Å². The molecule has 0 amide bonds. The van der Waals surface area contributed by atoms with E-state index in [2.05, 4.69) is 24.8 Å². The fourth-order valence-corrected chi connectivity index (χ4v) is 6.21. The van der Waals surface area contributed by atoms with Crippen molar-refractivity contribution in [1.29, 1.82) is 0 Å². The van der Waals surface area contributed by atoms with Crippen molar-refractivity contribution in [3.8, 4) is 0 Å². The number of nitrogens with zero attached hydrogens (tertiary/aromatic N) is 6. The van der Waals surface area contributed by atoms with E-state index in [9.17, 15) is 25.3 Å². The van der Waals surface area contributed by atoms with Crippen LogP contribution < -0.4 is 11.5 Å². The summed E-state index contributed by atoms with van der Waals surface area (Å²) in [6, 6.07) is 19.0. The van der Waals surface area contributed by atoms with Gasteiger partial charge < -0.3 is 40.6 Å². The van der Waals surface area contributed by atoms with Crippen molar-refractivity contribution in [3.05, 3.63) is 110 Å². The molecule has 0 radical (unpaired) electrons. The molecule has 3 aromatic rings. The maximum absolute atomic E-state index is 12.0. The lowest BCUT2D eigenvalue weighted by atomic mass is 10.2. The van der Waals surface area contributed by atoms with Crippen LogP contribution >= 0.6 is 10.7 Å². The first-order valence-corrected chi connectivity index (χ1v) is 24.0. The van der Waals surface area contributed by atoms with Crippen molar-refractivity contribution in [2.75, 3.05) is 105 Å². The van der Waals surface area contributed by atoms with E-state index < -0.39 is 29.3 Å². The van der Waals surface area contributed by atoms with E-state index in [-0.39, 0.29) is 61.8 Å². The molecule has 0 spiro atoms. The second kappa shape index (κ2) is 40.5. The lowest BCUT2D eigenvalue weighted by Crippen LogP contribution is -2.15. The van der Waals surface area contributed by atoms with E-state index in [1.807, 2.05) is 20.8 Å². The number of aliphatic hydroxyl groups excluding tert-OH is 2. The molecule has 0 saturated carbocycles. The highest BCUT2D eigenvalue weighted by Crippen LogP contribution is 2.15. The molecule has 364 valence electrons. The van der Waals surface area contributed by atoms with Gasteiger partial charge in [0.25, 0.3) is 29.3 Å². The van der Waals surface area contributed by atoms with Crippen LogP contribution in [-0.4, -0.2) is 141 Å². The number of aliphatic hydroxyl groups is 2. The van der Waals surface area contributed by atoms with Crippen molar-refractivity contribution in [2.24, 2.45) is 21.7 Å². The normalized spacial score (nSPS) is 10.6. The third-order valence-corrected chi connectivity index (χ3v) is 10.7. The first-order chi connectivity index (χ1) is 29.9. The standard InChI is InChI=1S/C18H22O7S2.C7H7ClO2S.C4H8N6O.C4H12N2O.C4H10O3.CH4/c1-15-3-7-17(8-4-15)26(19,20)24-13-11-23-12-14-25-27(21,22)18-9-5-16(2)6-10-18;1-6-2-4-7(5-3-6)11(8,9)10;5-9-7-1-3-11-4-2-8-10-6;2*5-1-3-7-4-2-6;/h3-10H,11-14H2,1-2H3;2-5H,1H3;1-4H2;1-6H2;5-6H,1-4H2;1H4. The summed E-state index contributed by atoms with van der Waals surface area (Å²) in [5, 5.41) is 22.7. The number of hydrogen-bond acceptors (Lipinski definition) is 18. The molecule has 0 fully saturated rings. The molecule has 26 heteroatoms. The Morgan fingerprint density at radius 2 is 0.812 bits per heavy atom. The summed E-state index contributed by atoms with van der Waals surface area (Å²) < 4.78 is 98.6. The number of ether oxygens (including phenoxy) is 4.